The molecule has 22 heavy (non-hydrogen) atoms. The zero-order valence-corrected chi connectivity index (χ0v) is 13.3. The molecule has 1 saturated heterocycles. The highest BCUT2D eigenvalue weighted by Crippen LogP contribution is 2.23. The number of hydrogen-bond donors (Lipinski definition) is 1. The number of anilines is 1. The van der Waals surface area contributed by atoms with Crippen LogP contribution in [-0.4, -0.2) is 37.8 Å². The highest BCUT2D eigenvalue weighted by Gasteiger charge is 2.25. The number of nitrogens with zero attached hydrogens (tertiary/aromatic N) is 3. The van der Waals surface area contributed by atoms with Gasteiger partial charge in [0.05, 0.1) is 6.20 Å². The zero-order chi connectivity index (χ0) is 15.6. The Morgan fingerprint density at radius 3 is 2.77 bits per heavy atom. The Morgan fingerprint density at radius 1 is 1.32 bits per heavy atom. The number of rotatable bonds is 5. The predicted octanol–water partition coefficient (Wildman–Crippen LogP) is 1.22. The van der Waals surface area contributed by atoms with Crippen LogP contribution in [-0.2, 0) is 17.1 Å². The Morgan fingerprint density at radius 2 is 2.09 bits per heavy atom. The fourth-order valence-electron chi connectivity index (χ4n) is 2.72. The third-order valence-corrected chi connectivity index (χ3v) is 5.34. The van der Waals surface area contributed by atoms with Crippen molar-refractivity contribution in [1.82, 2.24) is 14.5 Å². The lowest BCUT2D eigenvalue weighted by Crippen LogP contribution is -2.31. The Kier molecular flexibility index (Phi) is 4.17. The first-order valence-corrected chi connectivity index (χ1v) is 8.81. The summed E-state index contributed by atoms with van der Waals surface area (Å²) in [6, 6.07) is 10.2. The molecule has 1 aliphatic rings. The Labute approximate surface area is 130 Å². The molecule has 6 nitrogen and oxygen atoms in total. The molecular formula is C15H20N4O2S. The smallest absolute Gasteiger partial charge is 0.243 e. The van der Waals surface area contributed by atoms with Gasteiger partial charge in [-0.05, 0) is 24.5 Å². The van der Waals surface area contributed by atoms with Crippen molar-refractivity contribution in [2.75, 3.05) is 24.5 Å². The summed E-state index contributed by atoms with van der Waals surface area (Å²) in [5, 5.41) is 3.90. The van der Waals surface area contributed by atoms with Crippen LogP contribution in [0.15, 0.2) is 47.6 Å². The van der Waals surface area contributed by atoms with Gasteiger partial charge in [-0.15, -0.1) is 0 Å². The van der Waals surface area contributed by atoms with Crippen molar-refractivity contribution in [2.24, 2.45) is 13.0 Å². The lowest BCUT2D eigenvalue weighted by molar-refractivity contribution is 0.541. The van der Waals surface area contributed by atoms with Gasteiger partial charge in [0, 0.05) is 38.6 Å². The third-order valence-electron chi connectivity index (χ3n) is 3.96. The molecule has 118 valence electrons. The SMILES string of the molecule is Cn1cc(S(=O)(=O)NCC2CCN(c3ccccc3)C2)cn1. The summed E-state index contributed by atoms with van der Waals surface area (Å²) in [5.41, 5.74) is 1.19. The minimum Gasteiger partial charge on any atom is -0.371 e. The quantitative estimate of drug-likeness (QED) is 0.900. The molecular weight excluding hydrogens is 300 g/mol. The molecule has 1 unspecified atom stereocenters. The highest BCUT2D eigenvalue weighted by molar-refractivity contribution is 7.89. The first-order valence-electron chi connectivity index (χ1n) is 7.33. The van der Waals surface area contributed by atoms with E-state index in [1.54, 1.807) is 7.05 Å². The van der Waals surface area contributed by atoms with Crippen molar-refractivity contribution in [3.63, 3.8) is 0 Å². The number of benzene rings is 1. The molecule has 0 saturated carbocycles. The molecule has 0 radical (unpaired) electrons. The summed E-state index contributed by atoms with van der Waals surface area (Å²) < 4.78 is 28.5. The number of sulfonamides is 1. The van der Waals surface area contributed by atoms with Crippen LogP contribution in [0.4, 0.5) is 5.69 Å². The van der Waals surface area contributed by atoms with Crippen LogP contribution in [0.25, 0.3) is 0 Å². The van der Waals surface area contributed by atoms with E-state index in [0.717, 1.165) is 19.5 Å². The second-order valence-electron chi connectivity index (χ2n) is 5.64. The Bertz CT molecular complexity index is 727. The molecule has 7 heteroatoms. The van der Waals surface area contributed by atoms with E-state index in [1.807, 2.05) is 18.2 Å². The summed E-state index contributed by atoms with van der Waals surface area (Å²) in [7, 11) is -1.76. The van der Waals surface area contributed by atoms with E-state index < -0.39 is 10.0 Å². The van der Waals surface area contributed by atoms with Crippen molar-refractivity contribution in [1.29, 1.82) is 0 Å². The van der Waals surface area contributed by atoms with Crippen LogP contribution in [0.2, 0.25) is 0 Å². The van der Waals surface area contributed by atoms with E-state index in [2.05, 4.69) is 26.9 Å². The number of hydrogen-bond acceptors (Lipinski definition) is 4. The molecule has 1 aromatic carbocycles. The van der Waals surface area contributed by atoms with Gasteiger partial charge in [-0.1, -0.05) is 18.2 Å². The van der Waals surface area contributed by atoms with E-state index in [1.165, 1.54) is 22.8 Å². The molecule has 1 N–H and O–H groups in total. The van der Waals surface area contributed by atoms with Crippen LogP contribution in [0.3, 0.4) is 0 Å². The van der Waals surface area contributed by atoms with Gasteiger partial charge in [0.1, 0.15) is 4.90 Å². The molecule has 3 rings (SSSR count). The largest absolute Gasteiger partial charge is 0.371 e. The topological polar surface area (TPSA) is 67.2 Å². The van der Waals surface area contributed by atoms with Crippen molar-refractivity contribution in [2.45, 2.75) is 11.3 Å². The monoisotopic (exact) mass is 320 g/mol. The lowest BCUT2D eigenvalue weighted by atomic mass is 10.1. The minimum absolute atomic E-state index is 0.216. The van der Waals surface area contributed by atoms with Gasteiger partial charge in [-0.2, -0.15) is 5.10 Å². The summed E-state index contributed by atoms with van der Waals surface area (Å²) in [6.07, 6.45) is 3.87. The fourth-order valence-corrected chi connectivity index (χ4v) is 3.82. The molecule has 2 heterocycles. The molecule has 0 amide bonds. The van der Waals surface area contributed by atoms with Crippen LogP contribution < -0.4 is 9.62 Å². The number of aryl methyl sites for hydroxylation is 1. The first kappa shape index (κ1) is 15.1. The minimum atomic E-state index is -3.46. The number of aromatic nitrogens is 2. The molecule has 2 aromatic rings. The van der Waals surface area contributed by atoms with E-state index in [9.17, 15) is 8.42 Å². The predicted molar refractivity (Wildman–Crippen MR) is 85.2 cm³/mol. The normalized spacial score (nSPS) is 18.8. The zero-order valence-electron chi connectivity index (χ0n) is 12.5. The van der Waals surface area contributed by atoms with Gasteiger partial charge in [0.15, 0.2) is 0 Å². The Hall–Kier alpha value is -1.86. The third kappa shape index (κ3) is 3.31. The second kappa shape index (κ2) is 6.10. The lowest BCUT2D eigenvalue weighted by Gasteiger charge is -2.18. The summed E-state index contributed by atoms with van der Waals surface area (Å²) in [5.74, 6) is 0.326. The fraction of sp³-hybridized carbons (Fsp3) is 0.400. The molecule has 0 aliphatic carbocycles. The molecule has 1 fully saturated rings. The van der Waals surface area contributed by atoms with Crippen LogP contribution in [0.5, 0.6) is 0 Å². The van der Waals surface area contributed by atoms with E-state index in [0.29, 0.717) is 12.5 Å². The van der Waals surface area contributed by atoms with Crippen molar-refractivity contribution >= 4 is 15.7 Å². The van der Waals surface area contributed by atoms with E-state index in [-0.39, 0.29) is 4.90 Å². The molecule has 0 spiro atoms. The maximum Gasteiger partial charge on any atom is 0.243 e. The summed E-state index contributed by atoms with van der Waals surface area (Å²) in [6.45, 7) is 2.30. The number of nitrogens with one attached hydrogen (secondary N) is 1. The van der Waals surface area contributed by atoms with Crippen molar-refractivity contribution in [3.05, 3.63) is 42.7 Å². The van der Waals surface area contributed by atoms with Crippen molar-refractivity contribution in [3.8, 4) is 0 Å². The second-order valence-corrected chi connectivity index (χ2v) is 7.40. The summed E-state index contributed by atoms with van der Waals surface area (Å²) in [4.78, 5) is 2.51. The number of para-hydroxylation sites is 1. The van der Waals surface area contributed by atoms with Gasteiger partial charge < -0.3 is 4.90 Å². The van der Waals surface area contributed by atoms with E-state index >= 15 is 0 Å². The first-order chi connectivity index (χ1) is 10.5. The van der Waals surface area contributed by atoms with Gasteiger partial charge in [0.25, 0.3) is 0 Å². The average molecular weight is 320 g/mol. The molecule has 1 atom stereocenters. The van der Waals surface area contributed by atoms with Crippen LogP contribution in [0, 0.1) is 5.92 Å². The van der Waals surface area contributed by atoms with Crippen LogP contribution >= 0.6 is 0 Å². The molecule has 1 aliphatic heterocycles. The van der Waals surface area contributed by atoms with Gasteiger partial charge in [-0.3, -0.25) is 4.68 Å². The maximum atomic E-state index is 12.2. The Balaban J connectivity index is 1.57. The van der Waals surface area contributed by atoms with Gasteiger partial charge in [-0.25, -0.2) is 13.1 Å². The van der Waals surface area contributed by atoms with Gasteiger partial charge in [0.2, 0.25) is 10.0 Å². The van der Waals surface area contributed by atoms with Gasteiger partial charge >= 0.3 is 0 Å². The standard InChI is InChI=1S/C15H20N4O2S/c1-18-12-15(10-16-18)22(20,21)17-9-13-7-8-19(11-13)14-5-3-2-4-6-14/h2-6,10,12-13,17H,7-9,11H2,1H3. The molecule has 1 aromatic heterocycles. The molecule has 0 bridgehead atoms. The average Bonchev–Trinajstić information content (AvgIpc) is 3.15. The van der Waals surface area contributed by atoms with E-state index in [4.69, 9.17) is 0 Å². The summed E-state index contributed by atoms with van der Waals surface area (Å²) >= 11 is 0. The van der Waals surface area contributed by atoms with Crippen molar-refractivity contribution < 1.29 is 8.42 Å². The highest BCUT2D eigenvalue weighted by atomic mass is 32.2. The van der Waals surface area contributed by atoms with Crippen LogP contribution in [0.1, 0.15) is 6.42 Å². The maximum absolute atomic E-state index is 12.2.